The Morgan fingerprint density at radius 3 is 2.16 bits per heavy atom. The van der Waals surface area contributed by atoms with E-state index in [0.717, 1.165) is 17.0 Å². The molecule has 0 atom stereocenters. The zero-order chi connectivity index (χ0) is 22.1. The Hall–Kier alpha value is -3.81. The van der Waals surface area contributed by atoms with Crippen molar-refractivity contribution in [1.82, 2.24) is 15.5 Å². The lowest BCUT2D eigenvalue weighted by molar-refractivity contribution is 0.0945. The largest absolute Gasteiger partial charge is 0.497 e. The van der Waals surface area contributed by atoms with Crippen molar-refractivity contribution in [2.24, 2.45) is 0 Å². The number of hydrogen-bond acceptors (Lipinski definition) is 7. The van der Waals surface area contributed by atoms with Gasteiger partial charge in [-0.05, 0) is 49.4 Å². The second-order valence-corrected chi connectivity index (χ2v) is 6.42. The van der Waals surface area contributed by atoms with Gasteiger partial charge in [0.1, 0.15) is 23.9 Å². The van der Waals surface area contributed by atoms with Crippen molar-refractivity contribution in [3.63, 3.8) is 0 Å². The summed E-state index contributed by atoms with van der Waals surface area (Å²) in [6.45, 7) is 3.13. The van der Waals surface area contributed by atoms with Gasteiger partial charge in [0, 0.05) is 23.3 Å². The van der Waals surface area contributed by atoms with Crippen LogP contribution >= 0.6 is 0 Å². The lowest BCUT2D eigenvalue weighted by Gasteiger charge is -2.10. The zero-order valence-corrected chi connectivity index (χ0v) is 17.8. The highest BCUT2D eigenvalue weighted by molar-refractivity contribution is 5.95. The van der Waals surface area contributed by atoms with E-state index in [1.54, 1.807) is 24.3 Å². The van der Waals surface area contributed by atoms with Crippen LogP contribution in [0.4, 0.5) is 0 Å². The Morgan fingerprint density at radius 2 is 1.58 bits per heavy atom. The molecule has 8 heteroatoms. The molecule has 0 bridgehead atoms. The van der Waals surface area contributed by atoms with E-state index in [4.69, 9.17) is 18.9 Å². The summed E-state index contributed by atoms with van der Waals surface area (Å²) in [7, 11) is 3.07. The van der Waals surface area contributed by atoms with Gasteiger partial charge in [-0.15, -0.1) is 10.2 Å². The fourth-order valence-corrected chi connectivity index (χ4v) is 2.80. The molecular formula is C23H25N3O5. The third-order valence-corrected chi connectivity index (χ3v) is 4.35. The number of carbonyl (C=O) groups is 1. The van der Waals surface area contributed by atoms with Crippen LogP contribution in [0, 0.1) is 0 Å². The summed E-state index contributed by atoms with van der Waals surface area (Å²) < 4.78 is 21.4. The van der Waals surface area contributed by atoms with Crippen molar-refractivity contribution < 1.29 is 23.7 Å². The summed E-state index contributed by atoms with van der Waals surface area (Å²) in [6.07, 6.45) is 0. The second-order valence-electron chi connectivity index (χ2n) is 6.42. The summed E-state index contributed by atoms with van der Waals surface area (Å²) in [5.74, 6) is 2.03. The second kappa shape index (κ2) is 10.8. The van der Waals surface area contributed by atoms with Crippen LogP contribution in [0.2, 0.25) is 0 Å². The molecule has 31 heavy (non-hydrogen) atoms. The molecule has 0 radical (unpaired) electrons. The highest BCUT2D eigenvalue weighted by Crippen LogP contribution is 2.23. The monoisotopic (exact) mass is 423 g/mol. The van der Waals surface area contributed by atoms with Crippen LogP contribution < -0.4 is 24.3 Å². The SMILES string of the molecule is CCOc1ccc(-c2ccc(OCCNC(=O)c3cc(OC)cc(OC)c3)nn2)cc1. The molecule has 1 N–H and O–H groups in total. The number of carbonyl (C=O) groups excluding carboxylic acids is 1. The maximum Gasteiger partial charge on any atom is 0.251 e. The number of amides is 1. The molecule has 0 aliphatic heterocycles. The normalized spacial score (nSPS) is 10.3. The molecule has 3 aromatic rings. The topological polar surface area (TPSA) is 91.8 Å². The molecule has 0 unspecified atom stereocenters. The van der Waals surface area contributed by atoms with Crippen LogP contribution in [0.1, 0.15) is 17.3 Å². The van der Waals surface area contributed by atoms with E-state index in [1.807, 2.05) is 37.3 Å². The van der Waals surface area contributed by atoms with Crippen LogP contribution in [0.3, 0.4) is 0 Å². The number of hydrogen-bond donors (Lipinski definition) is 1. The number of nitrogens with zero attached hydrogens (tertiary/aromatic N) is 2. The predicted octanol–water partition coefficient (Wildman–Crippen LogP) is 3.37. The molecule has 1 aromatic heterocycles. The molecule has 2 aromatic carbocycles. The molecule has 0 aliphatic carbocycles. The van der Waals surface area contributed by atoms with Crippen LogP contribution in [-0.4, -0.2) is 50.1 Å². The smallest absolute Gasteiger partial charge is 0.251 e. The first kappa shape index (κ1) is 21.9. The standard InChI is InChI=1S/C23H25N3O5/c1-4-30-18-7-5-16(6-8-18)21-9-10-22(26-25-21)31-12-11-24-23(27)17-13-19(28-2)15-20(14-17)29-3/h5-10,13-15H,4,11-12H2,1-3H3,(H,24,27). The van der Waals surface area contributed by atoms with Gasteiger partial charge in [0.05, 0.1) is 33.1 Å². The Balaban J connectivity index is 1.49. The zero-order valence-electron chi connectivity index (χ0n) is 17.8. The van der Waals surface area contributed by atoms with Crippen molar-refractivity contribution in [1.29, 1.82) is 0 Å². The van der Waals surface area contributed by atoms with Crippen molar-refractivity contribution in [3.8, 4) is 34.4 Å². The molecule has 0 fully saturated rings. The van der Waals surface area contributed by atoms with Gasteiger partial charge in [-0.3, -0.25) is 4.79 Å². The minimum absolute atomic E-state index is 0.252. The molecular weight excluding hydrogens is 398 g/mol. The van der Waals surface area contributed by atoms with Crippen molar-refractivity contribution in [2.75, 3.05) is 34.0 Å². The van der Waals surface area contributed by atoms with E-state index in [9.17, 15) is 4.79 Å². The molecule has 162 valence electrons. The lowest BCUT2D eigenvalue weighted by atomic mass is 10.1. The van der Waals surface area contributed by atoms with Gasteiger partial charge in [0.2, 0.25) is 5.88 Å². The quantitative estimate of drug-likeness (QED) is 0.500. The van der Waals surface area contributed by atoms with E-state index in [0.29, 0.717) is 36.1 Å². The third kappa shape index (κ3) is 6.08. The van der Waals surface area contributed by atoms with Crippen LogP contribution in [0.5, 0.6) is 23.1 Å². The number of nitrogens with one attached hydrogen (secondary N) is 1. The Kier molecular flexibility index (Phi) is 7.64. The molecule has 0 spiro atoms. The highest BCUT2D eigenvalue weighted by Gasteiger charge is 2.10. The first-order chi connectivity index (χ1) is 15.1. The first-order valence-corrected chi connectivity index (χ1v) is 9.84. The van der Waals surface area contributed by atoms with Crippen LogP contribution in [0.25, 0.3) is 11.3 Å². The molecule has 1 heterocycles. The van der Waals surface area contributed by atoms with Gasteiger partial charge >= 0.3 is 0 Å². The average Bonchev–Trinajstić information content (AvgIpc) is 2.82. The first-order valence-electron chi connectivity index (χ1n) is 9.84. The average molecular weight is 423 g/mol. The van der Waals surface area contributed by atoms with Crippen molar-refractivity contribution in [3.05, 3.63) is 60.2 Å². The molecule has 8 nitrogen and oxygen atoms in total. The summed E-state index contributed by atoms with van der Waals surface area (Å²) in [4.78, 5) is 12.3. The molecule has 1 amide bonds. The van der Waals surface area contributed by atoms with Gasteiger partial charge < -0.3 is 24.3 Å². The van der Waals surface area contributed by atoms with Gasteiger partial charge in [0.15, 0.2) is 0 Å². The number of aromatic nitrogens is 2. The van der Waals surface area contributed by atoms with Crippen LogP contribution in [0.15, 0.2) is 54.6 Å². The van der Waals surface area contributed by atoms with Crippen molar-refractivity contribution in [2.45, 2.75) is 6.92 Å². The van der Waals surface area contributed by atoms with Gasteiger partial charge in [-0.2, -0.15) is 0 Å². The van der Waals surface area contributed by atoms with Gasteiger partial charge in [-0.1, -0.05) is 0 Å². The van der Waals surface area contributed by atoms with Crippen molar-refractivity contribution >= 4 is 5.91 Å². The fourth-order valence-electron chi connectivity index (χ4n) is 2.80. The number of ether oxygens (including phenoxy) is 4. The maximum absolute atomic E-state index is 12.3. The van der Waals surface area contributed by atoms with E-state index in [2.05, 4.69) is 15.5 Å². The summed E-state index contributed by atoms with van der Waals surface area (Å²) >= 11 is 0. The third-order valence-electron chi connectivity index (χ3n) is 4.35. The van der Waals surface area contributed by atoms with Crippen LogP contribution in [-0.2, 0) is 0 Å². The van der Waals surface area contributed by atoms with Gasteiger partial charge in [0.25, 0.3) is 5.91 Å². The predicted molar refractivity (Wildman–Crippen MR) is 116 cm³/mol. The number of methoxy groups -OCH3 is 2. The molecule has 0 saturated carbocycles. The van der Waals surface area contributed by atoms with E-state index < -0.39 is 0 Å². The van der Waals surface area contributed by atoms with E-state index in [-0.39, 0.29) is 12.5 Å². The summed E-state index contributed by atoms with van der Waals surface area (Å²) in [6, 6.07) is 16.2. The lowest BCUT2D eigenvalue weighted by Crippen LogP contribution is -2.28. The molecule has 3 rings (SSSR count). The van der Waals surface area contributed by atoms with Gasteiger partial charge in [-0.25, -0.2) is 0 Å². The maximum atomic E-state index is 12.3. The Labute approximate surface area is 181 Å². The minimum atomic E-state index is -0.252. The highest BCUT2D eigenvalue weighted by atomic mass is 16.5. The summed E-state index contributed by atoms with van der Waals surface area (Å²) in [5.41, 5.74) is 2.11. The minimum Gasteiger partial charge on any atom is -0.497 e. The Bertz CT molecular complexity index is 969. The number of benzene rings is 2. The van der Waals surface area contributed by atoms with E-state index in [1.165, 1.54) is 14.2 Å². The number of rotatable bonds is 10. The Morgan fingerprint density at radius 1 is 0.871 bits per heavy atom. The fraction of sp³-hybridized carbons (Fsp3) is 0.261. The summed E-state index contributed by atoms with van der Waals surface area (Å²) in [5, 5.41) is 11.1. The molecule has 0 aliphatic rings. The van der Waals surface area contributed by atoms with E-state index >= 15 is 0 Å². The molecule has 0 saturated heterocycles.